The first-order valence-electron chi connectivity index (χ1n) is 4.43. The second-order valence-corrected chi connectivity index (χ2v) is 5.70. The molecule has 0 bridgehead atoms. The average molecular weight is 270 g/mol. The van der Waals surface area contributed by atoms with Crippen LogP contribution in [-0.4, -0.2) is 5.25 Å². The molecule has 1 rings (SSSR count). The Labute approximate surface area is 97.6 Å². The summed E-state index contributed by atoms with van der Waals surface area (Å²) in [5.41, 5.74) is 1.96. The highest BCUT2D eigenvalue weighted by Gasteiger charge is 2.02. The number of halogens is 1. The third kappa shape index (κ3) is 3.36. The van der Waals surface area contributed by atoms with Crippen LogP contribution in [0.4, 0.5) is 0 Å². The van der Waals surface area contributed by atoms with E-state index in [9.17, 15) is 0 Å². The van der Waals surface area contributed by atoms with Gasteiger partial charge in [0.25, 0.3) is 0 Å². The Morgan fingerprint density at radius 1 is 1.50 bits per heavy atom. The second kappa shape index (κ2) is 5.43. The molecule has 0 aliphatic heterocycles. The zero-order valence-corrected chi connectivity index (χ0v) is 10.7. The summed E-state index contributed by atoms with van der Waals surface area (Å²) in [6, 6.07) is 7.87. The summed E-state index contributed by atoms with van der Waals surface area (Å²) in [7, 11) is 0. The van der Waals surface area contributed by atoms with Gasteiger partial charge >= 0.3 is 0 Å². The Kier molecular flexibility index (Phi) is 4.50. The minimum absolute atomic E-state index is 0.637. The quantitative estimate of drug-likeness (QED) is 0.830. The van der Waals surface area contributed by atoms with Crippen LogP contribution in [-0.2, 0) is 5.75 Å². The van der Waals surface area contributed by atoms with Gasteiger partial charge in [0, 0.05) is 10.2 Å². The number of rotatable bonds is 3. The monoisotopic (exact) mass is 269 g/mol. The second-order valence-electron chi connectivity index (χ2n) is 3.28. The number of hydrogen-bond donors (Lipinski definition) is 0. The molecular weight excluding hydrogens is 258 g/mol. The van der Waals surface area contributed by atoms with Crippen LogP contribution in [0.1, 0.15) is 25.0 Å². The molecule has 14 heavy (non-hydrogen) atoms. The molecule has 3 heteroatoms. The van der Waals surface area contributed by atoms with E-state index in [4.69, 9.17) is 5.26 Å². The van der Waals surface area contributed by atoms with Crippen molar-refractivity contribution < 1.29 is 0 Å². The summed E-state index contributed by atoms with van der Waals surface area (Å²) in [6.07, 6.45) is 0. The number of benzene rings is 1. The molecular formula is C11H12BrNS. The van der Waals surface area contributed by atoms with Gasteiger partial charge in [-0.05, 0) is 22.9 Å². The molecule has 0 heterocycles. The molecule has 74 valence electrons. The van der Waals surface area contributed by atoms with E-state index in [0.29, 0.717) is 10.8 Å². The summed E-state index contributed by atoms with van der Waals surface area (Å²) >= 11 is 5.37. The van der Waals surface area contributed by atoms with E-state index in [0.717, 1.165) is 10.2 Å². The van der Waals surface area contributed by atoms with Gasteiger partial charge in [0.1, 0.15) is 0 Å². The molecule has 0 N–H and O–H groups in total. The van der Waals surface area contributed by atoms with Crippen LogP contribution in [0.25, 0.3) is 0 Å². The summed E-state index contributed by atoms with van der Waals surface area (Å²) in [5, 5.41) is 9.33. The SMILES string of the molecule is CC(C)SCc1ccc(C#N)cc1Br. The van der Waals surface area contributed by atoms with Crippen LogP contribution < -0.4 is 0 Å². The van der Waals surface area contributed by atoms with Gasteiger partial charge < -0.3 is 0 Å². The van der Waals surface area contributed by atoms with Crippen LogP contribution in [0.3, 0.4) is 0 Å². The highest BCUT2D eigenvalue weighted by atomic mass is 79.9. The molecule has 0 spiro atoms. The first kappa shape index (κ1) is 11.6. The van der Waals surface area contributed by atoms with E-state index in [2.05, 4.69) is 35.8 Å². The first-order valence-corrected chi connectivity index (χ1v) is 6.28. The van der Waals surface area contributed by atoms with E-state index < -0.39 is 0 Å². The van der Waals surface area contributed by atoms with E-state index in [-0.39, 0.29) is 0 Å². The smallest absolute Gasteiger partial charge is 0.0992 e. The standard InChI is InChI=1S/C11H12BrNS/c1-8(2)14-7-10-4-3-9(6-13)5-11(10)12/h3-5,8H,7H2,1-2H3. The predicted octanol–water partition coefficient (Wildman–Crippen LogP) is 3.96. The Morgan fingerprint density at radius 3 is 2.71 bits per heavy atom. The molecule has 1 aromatic carbocycles. The van der Waals surface area contributed by atoms with Crippen molar-refractivity contribution in [3.05, 3.63) is 33.8 Å². The van der Waals surface area contributed by atoms with Gasteiger partial charge in [-0.1, -0.05) is 35.8 Å². The van der Waals surface area contributed by atoms with Crippen LogP contribution >= 0.6 is 27.7 Å². The molecule has 0 saturated heterocycles. The average Bonchev–Trinajstić information content (AvgIpc) is 2.15. The normalized spacial score (nSPS) is 10.2. The number of hydrogen-bond acceptors (Lipinski definition) is 2. The van der Waals surface area contributed by atoms with Gasteiger partial charge in [-0.3, -0.25) is 0 Å². The fraction of sp³-hybridized carbons (Fsp3) is 0.364. The third-order valence-electron chi connectivity index (χ3n) is 1.75. The van der Waals surface area contributed by atoms with Crippen LogP contribution in [0.15, 0.2) is 22.7 Å². The van der Waals surface area contributed by atoms with E-state index in [1.165, 1.54) is 5.56 Å². The largest absolute Gasteiger partial charge is 0.192 e. The molecule has 0 aliphatic carbocycles. The van der Waals surface area contributed by atoms with Crippen LogP contribution in [0.5, 0.6) is 0 Å². The first-order chi connectivity index (χ1) is 6.63. The summed E-state index contributed by atoms with van der Waals surface area (Å²) in [6.45, 7) is 4.37. The van der Waals surface area contributed by atoms with E-state index >= 15 is 0 Å². The lowest BCUT2D eigenvalue weighted by molar-refractivity contribution is 1.11. The van der Waals surface area contributed by atoms with Crippen molar-refractivity contribution >= 4 is 27.7 Å². The maximum atomic E-state index is 8.70. The lowest BCUT2D eigenvalue weighted by Crippen LogP contribution is -1.90. The molecule has 1 aromatic rings. The van der Waals surface area contributed by atoms with Crippen LogP contribution in [0, 0.1) is 11.3 Å². The molecule has 0 amide bonds. The number of thioether (sulfide) groups is 1. The Balaban J connectivity index is 2.75. The minimum Gasteiger partial charge on any atom is -0.192 e. The van der Waals surface area contributed by atoms with Gasteiger partial charge in [0.2, 0.25) is 0 Å². The molecule has 1 nitrogen and oxygen atoms in total. The topological polar surface area (TPSA) is 23.8 Å². The zero-order valence-electron chi connectivity index (χ0n) is 8.25. The Bertz CT molecular complexity index is 355. The molecule has 0 aliphatic rings. The lowest BCUT2D eigenvalue weighted by Gasteiger charge is -2.06. The van der Waals surface area contributed by atoms with E-state index in [1.54, 1.807) is 0 Å². The fourth-order valence-electron chi connectivity index (χ4n) is 0.990. The fourth-order valence-corrected chi connectivity index (χ4v) is 2.46. The molecule has 0 atom stereocenters. The Hall–Kier alpha value is -0.460. The van der Waals surface area contributed by atoms with Crippen LogP contribution in [0.2, 0.25) is 0 Å². The molecule has 0 aromatic heterocycles. The van der Waals surface area contributed by atoms with Crippen molar-refractivity contribution in [1.29, 1.82) is 5.26 Å². The van der Waals surface area contributed by atoms with Crippen molar-refractivity contribution in [2.75, 3.05) is 0 Å². The molecule has 0 radical (unpaired) electrons. The highest BCUT2D eigenvalue weighted by molar-refractivity contribution is 9.10. The predicted molar refractivity (Wildman–Crippen MR) is 65.3 cm³/mol. The number of nitrogens with zero attached hydrogens (tertiary/aromatic N) is 1. The summed E-state index contributed by atoms with van der Waals surface area (Å²) < 4.78 is 1.03. The Morgan fingerprint density at radius 2 is 2.21 bits per heavy atom. The lowest BCUT2D eigenvalue weighted by atomic mass is 10.2. The van der Waals surface area contributed by atoms with Gasteiger partial charge in [-0.2, -0.15) is 17.0 Å². The van der Waals surface area contributed by atoms with Gasteiger partial charge in [0.15, 0.2) is 0 Å². The number of nitriles is 1. The van der Waals surface area contributed by atoms with Crippen molar-refractivity contribution in [1.82, 2.24) is 0 Å². The zero-order chi connectivity index (χ0) is 10.6. The summed E-state index contributed by atoms with van der Waals surface area (Å²) in [5.74, 6) is 0.990. The third-order valence-corrected chi connectivity index (χ3v) is 3.64. The maximum Gasteiger partial charge on any atom is 0.0992 e. The molecule has 0 unspecified atom stereocenters. The molecule has 0 fully saturated rings. The maximum absolute atomic E-state index is 8.70. The van der Waals surface area contributed by atoms with Gasteiger partial charge in [-0.25, -0.2) is 0 Å². The van der Waals surface area contributed by atoms with Crippen molar-refractivity contribution in [3.8, 4) is 6.07 Å². The van der Waals surface area contributed by atoms with Crippen molar-refractivity contribution in [3.63, 3.8) is 0 Å². The molecule has 0 saturated carbocycles. The summed E-state index contributed by atoms with van der Waals surface area (Å²) in [4.78, 5) is 0. The van der Waals surface area contributed by atoms with Crippen molar-refractivity contribution in [2.45, 2.75) is 24.9 Å². The highest BCUT2D eigenvalue weighted by Crippen LogP contribution is 2.24. The van der Waals surface area contributed by atoms with Crippen molar-refractivity contribution in [2.24, 2.45) is 0 Å². The van der Waals surface area contributed by atoms with E-state index in [1.807, 2.05) is 30.0 Å². The van der Waals surface area contributed by atoms with Gasteiger partial charge in [-0.15, -0.1) is 0 Å². The van der Waals surface area contributed by atoms with Gasteiger partial charge in [0.05, 0.1) is 11.6 Å². The minimum atomic E-state index is 0.637.